The van der Waals surface area contributed by atoms with E-state index >= 15 is 0 Å². The zero-order valence-corrected chi connectivity index (χ0v) is 16.8. The molecule has 146 valence electrons. The van der Waals surface area contributed by atoms with Gasteiger partial charge >= 0.3 is 0 Å². The maximum Gasteiger partial charge on any atom is 0.191 e. The van der Waals surface area contributed by atoms with Gasteiger partial charge in [0.05, 0.1) is 11.3 Å². The van der Waals surface area contributed by atoms with Gasteiger partial charge in [-0.2, -0.15) is 0 Å². The van der Waals surface area contributed by atoms with E-state index in [2.05, 4.69) is 22.5 Å². The summed E-state index contributed by atoms with van der Waals surface area (Å²) in [5, 5.41) is 6.80. The van der Waals surface area contributed by atoms with Gasteiger partial charge < -0.3 is 15.4 Å². The van der Waals surface area contributed by atoms with Crippen molar-refractivity contribution in [1.29, 1.82) is 0 Å². The normalized spacial score (nSPS) is 27.7. The lowest BCUT2D eigenvalue weighted by Gasteiger charge is -2.34. The summed E-state index contributed by atoms with van der Waals surface area (Å²) >= 11 is 0. The summed E-state index contributed by atoms with van der Waals surface area (Å²) in [6, 6.07) is 0.435. The lowest BCUT2D eigenvalue weighted by atomic mass is 9.84. The van der Waals surface area contributed by atoms with E-state index in [1.807, 2.05) is 6.92 Å². The van der Waals surface area contributed by atoms with Crippen LogP contribution in [0.25, 0.3) is 0 Å². The van der Waals surface area contributed by atoms with E-state index in [9.17, 15) is 8.42 Å². The smallest absolute Gasteiger partial charge is 0.191 e. The predicted molar refractivity (Wildman–Crippen MR) is 103 cm³/mol. The third kappa shape index (κ3) is 5.58. The van der Waals surface area contributed by atoms with Crippen LogP contribution < -0.4 is 10.6 Å². The molecule has 0 spiro atoms. The van der Waals surface area contributed by atoms with Crippen molar-refractivity contribution in [3.63, 3.8) is 0 Å². The highest BCUT2D eigenvalue weighted by atomic mass is 32.2. The van der Waals surface area contributed by atoms with Crippen molar-refractivity contribution in [2.45, 2.75) is 69.6 Å². The highest BCUT2D eigenvalue weighted by Gasteiger charge is 2.42. The van der Waals surface area contributed by atoms with Crippen molar-refractivity contribution in [3.05, 3.63) is 0 Å². The number of aliphatic imine (C=N–C) groups is 1. The molecular weight excluding hydrogens is 338 g/mol. The van der Waals surface area contributed by atoms with E-state index < -0.39 is 14.6 Å². The van der Waals surface area contributed by atoms with Gasteiger partial charge in [0.15, 0.2) is 15.8 Å². The van der Waals surface area contributed by atoms with Crippen LogP contribution in [-0.4, -0.2) is 57.7 Å². The van der Waals surface area contributed by atoms with Crippen LogP contribution in [0.5, 0.6) is 0 Å². The average Bonchev–Trinajstić information content (AvgIpc) is 2.60. The minimum atomic E-state index is -3.18. The fourth-order valence-electron chi connectivity index (χ4n) is 3.84. The fraction of sp³-hybridized carbons (Fsp3) is 0.944. The number of hydrogen-bond acceptors (Lipinski definition) is 4. The molecule has 2 N–H and O–H groups in total. The largest absolute Gasteiger partial charge is 0.381 e. The molecule has 1 saturated carbocycles. The number of nitrogens with zero attached hydrogens (tertiary/aromatic N) is 1. The van der Waals surface area contributed by atoms with Crippen LogP contribution in [0.2, 0.25) is 0 Å². The molecule has 2 aliphatic rings. The minimum Gasteiger partial charge on any atom is -0.381 e. The zero-order valence-electron chi connectivity index (χ0n) is 16.0. The number of rotatable bonds is 6. The second-order valence-corrected chi connectivity index (χ2v) is 9.94. The van der Waals surface area contributed by atoms with E-state index in [0.717, 1.165) is 31.3 Å². The second-order valence-electron chi connectivity index (χ2n) is 7.53. The molecule has 0 atom stereocenters. The average molecular weight is 374 g/mol. The molecule has 0 amide bonds. The summed E-state index contributed by atoms with van der Waals surface area (Å²) < 4.78 is 29.3. The topological polar surface area (TPSA) is 79.8 Å². The zero-order chi connectivity index (χ0) is 18.3. The standard InChI is InChI=1S/C18H35N3O3S/c1-4-15-6-8-16(9-7-15)21-17(19-5-2)20-14-18(25(3,22)23)10-12-24-13-11-18/h15-16H,4-14H2,1-3H3,(H2,19,20,21). The molecule has 0 unspecified atom stereocenters. The Morgan fingerprint density at radius 2 is 1.80 bits per heavy atom. The Kier molecular flexibility index (Phi) is 7.55. The molecule has 1 aliphatic heterocycles. The quantitative estimate of drug-likeness (QED) is 0.551. The van der Waals surface area contributed by atoms with Gasteiger partial charge in [0, 0.05) is 32.1 Å². The molecule has 0 radical (unpaired) electrons. The Balaban J connectivity index is 2.02. The number of ether oxygens (including phenoxy) is 1. The van der Waals surface area contributed by atoms with Crippen molar-refractivity contribution < 1.29 is 13.2 Å². The SMILES string of the molecule is CCNC(=NCC1(S(C)(=O)=O)CCOCC1)NC1CCC(CC)CC1. The van der Waals surface area contributed by atoms with Crippen LogP contribution in [0.15, 0.2) is 4.99 Å². The number of guanidine groups is 1. The maximum atomic E-state index is 12.4. The summed E-state index contributed by atoms with van der Waals surface area (Å²) in [6.45, 7) is 6.36. The first-order chi connectivity index (χ1) is 11.9. The monoisotopic (exact) mass is 373 g/mol. The van der Waals surface area contributed by atoms with Crippen LogP contribution in [0.4, 0.5) is 0 Å². The van der Waals surface area contributed by atoms with Gasteiger partial charge in [-0.15, -0.1) is 0 Å². The Hall–Kier alpha value is -0.820. The van der Waals surface area contributed by atoms with Crippen molar-refractivity contribution in [2.75, 3.05) is 32.6 Å². The molecule has 2 rings (SSSR count). The van der Waals surface area contributed by atoms with Gasteiger partial charge in [-0.1, -0.05) is 13.3 Å². The molecule has 1 heterocycles. The highest BCUT2D eigenvalue weighted by Crippen LogP contribution is 2.30. The van der Waals surface area contributed by atoms with E-state index in [1.165, 1.54) is 25.5 Å². The molecule has 0 bridgehead atoms. The maximum absolute atomic E-state index is 12.4. The molecule has 0 aromatic carbocycles. The molecule has 6 nitrogen and oxygen atoms in total. The number of nitrogens with one attached hydrogen (secondary N) is 2. The molecule has 2 fully saturated rings. The van der Waals surface area contributed by atoms with Crippen LogP contribution in [0.3, 0.4) is 0 Å². The van der Waals surface area contributed by atoms with Gasteiger partial charge in [-0.25, -0.2) is 8.42 Å². The van der Waals surface area contributed by atoms with Crippen molar-refractivity contribution in [1.82, 2.24) is 10.6 Å². The second kappa shape index (κ2) is 9.21. The van der Waals surface area contributed by atoms with E-state index in [0.29, 0.717) is 38.6 Å². The van der Waals surface area contributed by atoms with Crippen LogP contribution >= 0.6 is 0 Å². The minimum absolute atomic E-state index is 0.300. The lowest BCUT2D eigenvalue weighted by molar-refractivity contribution is 0.0768. The number of hydrogen-bond donors (Lipinski definition) is 2. The highest BCUT2D eigenvalue weighted by molar-refractivity contribution is 7.92. The molecule has 0 aromatic heterocycles. The molecule has 1 aliphatic carbocycles. The Bertz CT molecular complexity index is 534. The molecule has 25 heavy (non-hydrogen) atoms. The Morgan fingerprint density at radius 3 is 2.32 bits per heavy atom. The summed E-state index contributed by atoms with van der Waals surface area (Å²) in [6.07, 6.45) is 8.49. The van der Waals surface area contributed by atoms with Gasteiger partial charge in [-0.3, -0.25) is 4.99 Å². The third-order valence-electron chi connectivity index (χ3n) is 5.83. The van der Waals surface area contributed by atoms with E-state index in [4.69, 9.17) is 4.74 Å². The first-order valence-electron chi connectivity index (χ1n) is 9.72. The summed E-state index contributed by atoms with van der Waals surface area (Å²) in [5.41, 5.74) is 0. The van der Waals surface area contributed by atoms with E-state index in [-0.39, 0.29) is 0 Å². The Labute approximate surface area is 153 Å². The molecule has 1 saturated heterocycles. The summed E-state index contributed by atoms with van der Waals surface area (Å²) in [5.74, 6) is 1.60. The molecule has 7 heteroatoms. The first-order valence-corrected chi connectivity index (χ1v) is 11.6. The third-order valence-corrected chi connectivity index (χ3v) is 7.94. The predicted octanol–water partition coefficient (Wildman–Crippen LogP) is 2.10. The van der Waals surface area contributed by atoms with Gasteiger partial charge in [0.25, 0.3) is 0 Å². The summed E-state index contributed by atoms with van der Waals surface area (Å²) in [7, 11) is -3.18. The van der Waals surface area contributed by atoms with Crippen LogP contribution in [0, 0.1) is 5.92 Å². The van der Waals surface area contributed by atoms with Crippen LogP contribution in [0.1, 0.15) is 58.8 Å². The first kappa shape index (κ1) is 20.5. The van der Waals surface area contributed by atoms with Crippen molar-refractivity contribution >= 4 is 15.8 Å². The van der Waals surface area contributed by atoms with Crippen molar-refractivity contribution in [2.24, 2.45) is 10.9 Å². The Morgan fingerprint density at radius 1 is 1.16 bits per heavy atom. The van der Waals surface area contributed by atoms with Gasteiger partial charge in [-0.05, 0) is 51.4 Å². The fourth-order valence-corrected chi connectivity index (χ4v) is 5.05. The van der Waals surface area contributed by atoms with Gasteiger partial charge in [0.2, 0.25) is 0 Å². The van der Waals surface area contributed by atoms with Gasteiger partial charge in [0.1, 0.15) is 0 Å². The van der Waals surface area contributed by atoms with Crippen LogP contribution in [-0.2, 0) is 14.6 Å². The molecular formula is C18H35N3O3S. The van der Waals surface area contributed by atoms with Crippen molar-refractivity contribution in [3.8, 4) is 0 Å². The molecule has 0 aromatic rings. The van der Waals surface area contributed by atoms with E-state index in [1.54, 1.807) is 0 Å². The number of sulfone groups is 1. The summed E-state index contributed by atoms with van der Waals surface area (Å²) in [4.78, 5) is 4.67. The lowest BCUT2D eigenvalue weighted by Crippen LogP contribution is -2.49.